The number of rotatable bonds is 12. The number of alkyl halides is 13. The molecule has 0 aliphatic heterocycles. The smallest absolute Gasteiger partial charge is 0.394 e. The summed E-state index contributed by atoms with van der Waals surface area (Å²) in [5.41, 5.74) is -1.64. The van der Waals surface area contributed by atoms with Gasteiger partial charge in [0.1, 0.15) is 6.61 Å². The van der Waals surface area contributed by atoms with Crippen molar-refractivity contribution in [1.82, 2.24) is 5.32 Å². The number of nitrogens with one attached hydrogen (secondary N) is 1. The largest absolute Gasteiger partial charge is 0.460 e. The molecule has 1 amide bonds. The molecule has 0 aliphatic rings. The molecule has 192 valence electrons. The molecule has 0 fully saturated rings. The third kappa shape index (κ3) is 5.49. The van der Waals surface area contributed by atoms with Crippen LogP contribution in [0.5, 0.6) is 0 Å². The first-order valence-electron chi connectivity index (χ1n) is 8.03. The quantitative estimate of drug-likeness (QED) is 0.279. The lowest BCUT2D eigenvalue weighted by molar-refractivity contribution is -0.440. The average molecular weight is 509 g/mol. The number of hydrogen-bond donors (Lipinski definition) is 3. The highest BCUT2D eigenvalue weighted by molar-refractivity contribution is 5.78. The second kappa shape index (κ2) is 9.36. The summed E-state index contributed by atoms with van der Waals surface area (Å²) in [7, 11) is 0. The fourth-order valence-corrected chi connectivity index (χ4v) is 1.83. The van der Waals surface area contributed by atoms with Crippen LogP contribution in [0.2, 0.25) is 0 Å². The second-order valence-corrected chi connectivity index (χ2v) is 6.73. The van der Waals surface area contributed by atoms with Gasteiger partial charge in [0.15, 0.2) is 0 Å². The first-order valence-corrected chi connectivity index (χ1v) is 8.03. The highest BCUT2D eigenvalue weighted by Gasteiger charge is 2.90. The summed E-state index contributed by atoms with van der Waals surface area (Å²) in [5, 5.41) is 19.7. The van der Waals surface area contributed by atoms with E-state index in [4.69, 9.17) is 10.2 Å². The maximum absolute atomic E-state index is 13.5. The molecular weight excluding hydrogens is 493 g/mol. The van der Waals surface area contributed by atoms with Crippen molar-refractivity contribution in [3.05, 3.63) is 0 Å². The Hall–Kier alpha value is -1.56. The molecule has 0 saturated heterocycles. The molecular formula is C14H16F13NO4. The Kier molecular flexibility index (Phi) is 8.90. The van der Waals surface area contributed by atoms with Gasteiger partial charge >= 0.3 is 35.8 Å². The van der Waals surface area contributed by atoms with Gasteiger partial charge in [-0.2, -0.15) is 57.1 Å². The minimum atomic E-state index is -7.98. The first-order chi connectivity index (χ1) is 14.0. The normalized spacial score (nSPS) is 15.1. The molecule has 0 bridgehead atoms. The lowest BCUT2D eigenvalue weighted by Gasteiger charge is -2.39. The van der Waals surface area contributed by atoms with Gasteiger partial charge in [-0.1, -0.05) is 0 Å². The minimum Gasteiger partial charge on any atom is -0.394 e. The van der Waals surface area contributed by atoms with E-state index in [0.717, 1.165) is 6.92 Å². The Morgan fingerprint density at radius 1 is 0.750 bits per heavy atom. The van der Waals surface area contributed by atoms with E-state index in [1.54, 1.807) is 0 Å². The van der Waals surface area contributed by atoms with E-state index in [2.05, 4.69) is 4.74 Å². The predicted octanol–water partition coefficient (Wildman–Crippen LogP) is 2.99. The zero-order chi connectivity index (χ0) is 26.0. The van der Waals surface area contributed by atoms with Gasteiger partial charge < -0.3 is 20.3 Å². The molecule has 18 heteroatoms. The van der Waals surface area contributed by atoms with Crippen LogP contribution < -0.4 is 5.32 Å². The van der Waals surface area contributed by atoms with Gasteiger partial charge in [0.2, 0.25) is 5.91 Å². The lowest BCUT2D eigenvalue weighted by atomic mass is 9.93. The second-order valence-electron chi connectivity index (χ2n) is 6.73. The number of aliphatic hydroxyl groups is 2. The zero-order valence-electron chi connectivity index (χ0n) is 15.7. The molecule has 0 heterocycles. The molecule has 0 rings (SSSR count). The third-order valence-corrected chi connectivity index (χ3v) is 3.93. The highest BCUT2D eigenvalue weighted by atomic mass is 19.4. The van der Waals surface area contributed by atoms with Gasteiger partial charge in [-0.05, 0) is 6.92 Å². The minimum absolute atomic E-state index is 0.842. The third-order valence-electron chi connectivity index (χ3n) is 3.93. The zero-order valence-corrected chi connectivity index (χ0v) is 15.7. The van der Waals surface area contributed by atoms with Crippen LogP contribution in [0, 0.1) is 0 Å². The molecule has 0 aromatic carbocycles. The SMILES string of the molecule is CC(CO)(CO)NC(=O)COCCC(F)(F)C(F)(F)C(F)(F)C(F)(F)C(F)(F)C(F)(F)F. The van der Waals surface area contributed by atoms with Crippen LogP contribution in [-0.2, 0) is 9.53 Å². The van der Waals surface area contributed by atoms with Crippen molar-refractivity contribution in [1.29, 1.82) is 0 Å². The Labute approximate surface area is 170 Å². The van der Waals surface area contributed by atoms with Gasteiger partial charge in [-0.25, -0.2) is 0 Å². The van der Waals surface area contributed by atoms with Crippen LogP contribution in [0.15, 0.2) is 0 Å². The number of amides is 1. The maximum atomic E-state index is 13.5. The number of aliphatic hydroxyl groups excluding tert-OH is 2. The molecule has 0 aliphatic carbocycles. The van der Waals surface area contributed by atoms with Gasteiger partial charge in [0.05, 0.1) is 25.4 Å². The van der Waals surface area contributed by atoms with Crippen LogP contribution in [0.4, 0.5) is 57.1 Å². The Bertz CT molecular complexity index is 647. The summed E-state index contributed by atoms with van der Waals surface area (Å²) in [5.74, 6) is -38.6. The molecule has 5 nitrogen and oxygen atoms in total. The van der Waals surface area contributed by atoms with Crippen molar-refractivity contribution < 1.29 is 76.8 Å². The Morgan fingerprint density at radius 2 is 1.16 bits per heavy atom. The van der Waals surface area contributed by atoms with Crippen molar-refractivity contribution in [3.8, 4) is 0 Å². The van der Waals surface area contributed by atoms with Crippen LogP contribution >= 0.6 is 0 Å². The summed E-state index contributed by atoms with van der Waals surface area (Å²) < 4.78 is 172. The molecule has 0 aromatic rings. The maximum Gasteiger partial charge on any atom is 0.460 e. The molecule has 0 unspecified atom stereocenters. The monoisotopic (exact) mass is 509 g/mol. The van der Waals surface area contributed by atoms with Crippen molar-refractivity contribution >= 4 is 5.91 Å². The van der Waals surface area contributed by atoms with E-state index in [1.165, 1.54) is 0 Å². The van der Waals surface area contributed by atoms with Gasteiger partial charge in [0.25, 0.3) is 0 Å². The number of carbonyl (C=O) groups is 1. The predicted molar refractivity (Wildman–Crippen MR) is 76.9 cm³/mol. The van der Waals surface area contributed by atoms with Crippen LogP contribution in [-0.4, -0.2) is 83.9 Å². The van der Waals surface area contributed by atoms with Crippen LogP contribution in [0.1, 0.15) is 13.3 Å². The van der Waals surface area contributed by atoms with Gasteiger partial charge in [-0.15, -0.1) is 0 Å². The molecule has 0 saturated carbocycles. The van der Waals surface area contributed by atoms with E-state index < -0.39 is 80.1 Å². The topological polar surface area (TPSA) is 78.8 Å². The molecule has 0 atom stereocenters. The van der Waals surface area contributed by atoms with Crippen molar-refractivity contribution in [2.24, 2.45) is 0 Å². The summed E-state index contributed by atoms with van der Waals surface area (Å²) >= 11 is 0. The Balaban J connectivity index is 5.39. The lowest BCUT2D eigenvalue weighted by Crippen LogP contribution is -2.70. The van der Waals surface area contributed by atoms with Crippen molar-refractivity contribution in [3.63, 3.8) is 0 Å². The van der Waals surface area contributed by atoms with Crippen LogP contribution in [0.25, 0.3) is 0 Å². The van der Waals surface area contributed by atoms with Gasteiger partial charge in [0, 0.05) is 6.42 Å². The summed E-state index contributed by atoms with van der Waals surface area (Å²) in [4.78, 5) is 11.4. The molecule has 0 radical (unpaired) electrons. The van der Waals surface area contributed by atoms with E-state index >= 15 is 0 Å². The summed E-state index contributed by atoms with van der Waals surface area (Å²) in [6.45, 7) is -3.62. The molecule has 0 spiro atoms. The number of hydrogen-bond acceptors (Lipinski definition) is 4. The Morgan fingerprint density at radius 3 is 1.53 bits per heavy atom. The van der Waals surface area contributed by atoms with Crippen LogP contribution in [0.3, 0.4) is 0 Å². The number of carbonyl (C=O) groups excluding carboxylic acids is 1. The number of halogens is 13. The fraction of sp³-hybridized carbons (Fsp3) is 0.929. The first kappa shape index (κ1) is 30.4. The van der Waals surface area contributed by atoms with Crippen molar-refractivity contribution in [2.45, 2.75) is 54.7 Å². The summed E-state index contributed by atoms with van der Waals surface area (Å²) in [6, 6.07) is 0. The molecule has 32 heavy (non-hydrogen) atoms. The average Bonchev–Trinajstić information content (AvgIpc) is 2.63. The molecule has 0 aromatic heterocycles. The van der Waals surface area contributed by atoms with Crippen molar-refractivity contribution in [2.75, 3.05) is 26.4 Å². The van der Waals surface area contributed by atoms with Gasteiger partial charge in [-0.3, -0.25) is 4.79 Å². The van der Waals surface area contributed by atoms with E-state index in [0.29, 0.717) is 0 Å². The highest BCUT2D eigenvalue weighted by Crippen LogP contribution is 2.60. The number of ether oxygens (including phenoxy) is 1. The molecule has 3 N–H and O–H groups in total. The van der Waals surface area contributed by atoms with E-state index in [9.17, 15) is 61.9 Å². The van der Waals surface area contributed by atoms with E-state index in [-0.39, 0.29) is 0 Å². The summed E-state index contributed by atoms with van der Waals surface area (Å²) in [6.07, 6.45) is -10.1. The van der Waals surface area contributed by atoms with E-state index in [1.807, 2.05) is 5.32 Å². The standard InChI is InChI=1S/C14H16F13NO4/c1-8(5-29,6-30)28-7(31)4-32-3-2-9(15,16)10(17,18)11(19,20)12(21,22)13(23,24)14(25,26)27/h29-30H,2-6H2,1H3,(H,28,31). The fourth-order valence-electron chi connectivity index (χ4n) is 1.83.